The van der Waals surface area contributed by atoms with Gasteiger partial charge in [0, 0.05) is 11.1 Å². The van der Waals surface area contributed by atoms with E-state index in [1.807, 2.05) is 19.1 Å². The van der Waals surface area contributed by atoms with Crippen LogP contribution in [0.3, 0.4) is 0 Å². The van der Waals surface area contributed by atoms with E-state index in [1.165, 1.54) is 7.11 Å². The molecule has 0 heterocycles. The number of carbonyl (C=O) groups is 1. The molecule has 0 saturated carbocycles. The number of methoxy groups -OCH3 is 1. The van der Waals surface area contributed by atoms with Gasteiger partial charge in [0.25, 0.3) is 0 Å². The highest BCUT2D eigenvalue weighted by Gasteiger charge is 2.40. The molecule has 2 unspecified atom stereocenters. The first kappa shape index (κ1) is 16.0. The van der Waals surface area contributed by atoms with Crippen molar-refractivity contribution >= 4 is 17.6 Å². The first-order chi connectivity index (χ1) is 9.00. The molecule has 1 aromatic carbocycles. The maximum Gasteiger partial charge on any atom is 0.330 e. The molecule has 0 radical (unpaired) electrons. The molecule has 0 saturated heterocycles. The molecule has 2 atom stereocenters. The number of hydrogen-bond acceptors (Lipinski definition) is 3. The zero-order chi connectivity index (χ0) is 14.5. The molecule has 0 fully saturated rings. The Morgan fingerprint density at radius 1 is 1.37 bits per heavy atom. The lowest BCUT2D eigenvalue weighted by molar-refractivity contribution is -0.149. The van der Waals surface area contributed by atoms with Crippen molar-refractivity contribution in [1.82, 2.24) is 5.32 Å². The van der Waals surface area contributed by atoms with Gasteiger partial charge in [-0.05, 0) is 37.5 Å². The van der Waals surface area contributed by atoms with Crippen molar-refractivity contribution in [2.24, 2.45) is 0 Å². The third-order valence-corrected chi connectivity index (χ3v) is 3.76. The van der Waals surface area contributed by atoms with Crippen molar-refractivity contribution in [2.45, 2.75) is 45.2 Å². The van der Waals surface area contributed by atoms with Gasteiger partial charge in [-0.1, -0.05) is 37.6 Å². The van der Waals surface area contributed by atoms with E-state index in [4.69, 9.17) is 16.3 Å². The molecule has 1 aromatic rings. The summed E-state index contributed by atoms with van der Waals surface area (Å²) in [5.41, 5.74) is 0.0703. The van der Waals surface area contributed by atoms with E-state index in [0.717, 1.165) is 12.0 Å². The molecule has 106 valence electrons. The van der Waals surface area contributed by atoms with Crippen LogP contribution in [0.25, 0.3) is 0 Å². The Labute approximate surface area is 120 Å². The zero-order valence-electron chi connectivity index (χ0n) is 12.0. The Kier molecular flexibility index (Phi) is 5.83. The predicted molar refractivity (Wildman–Crippen MR) is 78.3 cm³/mol. The summed E-state index contributed by atoms with van der Waals surface area (Å²) < 4.78 is 5.00. The molecule has 0 bridgehead atoms. The second kappa shape index (κ2) is 6.92. The van der Waals surface area contributed by atoms with Crippen molar-refractivity contribution < 1.29 is 9.53 Å². The molecule has 0 amide bonds. The summed E-state index contributed by atoms with van der Waals surface area (Å²) in [6.45, 7) is 6.11. The molecule has 19 heavy (non-hydrogen) atoms. The van der Waals surface area contributed by atoms with Crippen LogP contribution < -0.4 is 5.32 Å². The molecule has 3 nitrogen and oxygen atoms in total. The molecule has 1 N–H and O–H groups in total. The first-order valence-electron chi connectivity index (χ1n) is 6.62. The maximum absolute atomic E-state index is 12.3. The molecule has 0 aliphatic rings. The highest BCUT2D eigenvalue weighted by Crippen LogP contribution is 2.29. The topological polar surface area (TPSA) is 38.3 Å². The predicted octanol–water partition coefficient (Wildman–Crippen LogP) is 3.51. The van der Waals surface area contributed by atoms with E-state index in [9.17, 15) is 4.79 Å². The quantitative estimate of drug-likeness (QED) is 0.812. The minimum absolute atomic E-state index is 0.217. The third-order valence-electron chi connectivity index (χ3n) is 3.51. The van der Waals surface area contributed by atoms with Crippen LogP contribution in [0.15, 0.2) is 24.3 Å². The second-order valence-electron chi connectivity index (χ2n) is 4.71. The number of halogens is 1. The summed E-state index contributed by atoms with van der Waals surface area (Å²) in [6.07, 6.45) is 1.55. The molecule has 0 aliphatic carbocycles. The van der Waals surface area contributed by atoms with Crippen LogP contribution >= 0.6 is 11.6 Å². The Morgan fingerprint density at radius 3 is 2.37 bits per heavy atom. The van der Waals surface area contributed by atoms with Crippen LogP contribution in [0.5, 0.6) is 0 Å². The average molecular weight is 284 g/mol. The number of nitrogens with one attached hydrogen (secondary N) is 1. The normalized spacial score (nSPS) is 15.6. The van der Waals surface area contributed by atoms with E-state index >= 15 is 0 Å². The van der Waals surface area contributed by atoms with Gasteiger partial charge in [-0.2, -0.15) is 0 Å². The summed E-state index contributed by atoms with van der Waals surface area (Å²) in [5, 5.41) is 4.05. The van der Waals surface area contributed by atoms with Gasteiger partial charge in [0.15, 0.2) is 0 Å². The molecular formula is C15H22ClNO2. The SMILES string of the molecule is CCC(C)NC(CC)(C(=O)OC)c1ccc(Cl)cc1. The van der Waals surface area contributed by atoms with Gasteiger partial charge in [0.2, 0.25) is 0 Å². The molecule has 4 heteroatoms. The molecule has 0 aliphatic heterocycles. The van der Waals surface area contributed by atoms with Crippen molar-refractivity contribution in [3.63, 3.8) is 0 Å². The zero-order valence-corrected chi connectivity index (χ0v) is 12.8. The van der Waals surface area contributed by atoms with Crippen LogP contribution in [0.1, 0.15) is 39.2 Å². The third kappa shape index (κ3) is 3.48. The van der Waals surface area contributed by atoms with Gasteiger partial charge >= 0.3 is 5.97 Å². The van der Waals surface area contributed by atoms with Crippen LogP contribution in [-0.2, 0) is 15.1 Å². The fraction of sp³-hybridized carbons (Fsp3) is 0.533. The monoisotopic (exact) mass is 283 g/mol. The van der Waals surface area contributed by atoms with Gasteiger partial charge in [0.05, 0.1) is 7.11 Å². The summed E-state index contributed by atoms with van der Waals surface area (Å²) in [7, 11) is 1.42. The Bertz CT molecular complexity index is 419. The van der Waals surface area contributed by atoms with Crippen molar-refractivity contribution in [1.29, 1.82) is 0 Å². The average Bonchev–Trinajstić information content (AvgIpc) is 2.44. The van der Waals surface area contributed by atoms with Crippen LogP contribution in [-0.4, -0.2) is 19.1 Å². The fourth-order valence-electron chi connectivity index (χ4n) is 2.14. The fourth-order valence-corrected chi connectivity index (χ4v) is 2.27. The van der Waals surface area contributed by atoms with E-state index in [0.29, 0.717) is 11.4 Å². The standard InChI is InChI=1S/C15H22ClNO2/c1-5-11(3)17-15(6-2,14(18)19-4)12-7-9-13(16)10-8-12/h7-11,17H,5-6H2,1-4H3. The minimum Gasteiger partial charge on any atom is -0.467 e. The highest BCUT2D eigenvalue weighted by atomic mass is 35.5. The first-order valence-corrected chi connectivity index (χ1v) is 7.00. The molecular weight excluding hydrogens is 262 g/mol. The van der Waals surface area contributed by atoms with Gasteiger partial charge in [-0.3, -0.25) is 5.32 Å². The van der Waals surface area contributed by atoms with Crippen molar-refractivity contribution in [3.05, 3.63) is 34.9 Å². The lowest BCUT2D eigenvalue weighted by Gasteiger charge is -2.34. The summed E-state index contributed by atoms with van der Waals surface area (Å²) in [5.74, 6) is -0.266. The van der Waals surface area contributed by atoms with Crippen LogP contribution in [0, 0.1) is 0 Å². The van der Waals surface area contributed by atoms with Gasteiger partial charge in [-0.15, -0.1) is 0 Å². The van der Waals surface area contributed by atoms with Crippen LogP contribution in [0.2, 0.25) is 5.02 Å². The Balaban J connectivity index is 3.23. The molecule has 1 rings (SSSR count). The lowest BCUT2D eigenvalue weighted by Crippen LogP contribution is -2.52. The van der Waals surface area contributed by atoms with E-state index in [-0.39, 0.29) is 12.0 Å². The smallest absolute Gasteiger partial charge is 0.330 e. The number of ether oxygens (including phenoxy) is 1. The number of hydrogen-bond donors (Lipinski definition) is 1. The van der Waals surface area contributed by atoms with E-state index in [2.05, 4.69) is 19.2 Å². The van der Waals surface area contributed by atoms with Crippen LogP contribution in [0.4, 0.5) is 0 Å². The molecule has 0 spiro atoms. The Hall–Kier alpha value is -1.06. The van der Waals surface area contributed by atoms with Crippen molar-refractivity contribution in [3.8, 4) is 0 Å². The number of rotatable bonds is 6. The summed E-state index contributed by atoms with van der Waals surface area (Å²) >= 11 is 5.91. The summed E-state index contributed by atoms with van der Waals surface area (Å²) in [4.78, 5) is 12.3. The van der Waals surface area contributed by atoms with E-state index in [1.54, 1.807) is 12.1 Å². The van der Waals surface area contributed by atoms with E-state index < -0.39 is 5.54 Å². The van der Waals surface area contributed by atoms with Gasteiger partial charge in [0.1, 0.15) is 5.54 Å². The lowest BCUT2D eigenvalue weighted by atomic mass is 9.86. The second-order valence-corrected chi connectivity index (χ2v) is 5.15. The largest absolute Gasteiger partial charge is 0.467 e. The molecule has 0 aromatic heterocycles. The van der Waals surface area contributed by atoms with Gasteiger partial charge in [-0.25, -0.2) is 4.79 Å². The maximum atomic E-state index is 12.3. The Morgan fingerprint density at radius 2 is 1.95 bits per heavy atom. The number of benzene rings is 1. The number of carbonyl (C=O) groups excluding carboxylic acids is 1. The van der Waals surface area contributed by atoms with Crippen molar-refractivity contribution in [2.75, 3.05) is 7.11 Å². The number of esters is 1. The summed E-state index contributed by atoms with van der Waals surface area (Å²) in [6, 6.07) is 7.55. The minimum atomic E-state index is -0.811. The van der Waals surface area contributed by atoms with Gasteiger partial charge < -0.3 is 4.74 Å². The highest BCUT2D eigenvalue weighted by molar-refractivity contribution is 6.30.